The van der Waals surface area contributed by atoms with Crippen molar-refractivity contribution in [1.29, 1.82) is 0 Å². The minimum absolute atomic E-state index is 0.0000983. The van der Waals surface area contributed by atoms with Crippen LogP contribution < -0.4 is 10.2 Å². The Morgan fingerprint density at radius 3 is 2.95 bits per heavy atom. The van der Waals surface area contributed by atoms with E-state index in [1.807, 2.05) is 38.1 Å². The number of nitrogens with zero attached hydrogens (tertiary/aromatic N) is 2. The Labute approximate surface area is 130 Å². The van der Waals surface area contributed by atoms with Crippen LogP contribution in [0.2, 0.25) is 0 Å². The molecule has 1 fully saturated rings. The van der Waals surface area contributed by atoms with Gasteiger partial charge in [0.1, 0.15) is 6.54 Å². The fourth-order valence-electron chi connectivity index (χ4n) is 3.15. The maximum Gasteiger partial charge on any atom is 0.240 e. The molecule has 0 spiro atoms. The van der Waals surface area contributed by atoms with E-state index in [0.29, 0.717) is 0 Å². The molecule has 2 aliphatic rings. The molecular formula is C17H21N3O2. The van der Waals surface area contributed by atoms with Crippen LogP contribution >= 0.6 is 0 Å². The van der Waals surface area contributed by atoms with Crippen LogP contribution in [0.4, 0.5) is 11.4 Å². The number of hydrogen-bond donors (Lipinski definition) is 1. The van der Waals surface area contributed by atoms with Gasteiger partial charge in [-0.2, -0.15) is 0 Å². The molecule has 1 heterocycles. The maximum atomic E-state index is 12.9. The van der Waals surface area contributed by atoms with Crippen LogP contribution in [0.25, 0.3) is 0 Å². The molecule has 1 N–H and O–H groups in total. The van der Waals surface area contributed by atoms with Crippen molar-refractivity contribution in [3.8, 4) is 0 Å². The summed E-state index contributed by atoms with van der Waals surface area (Å²) in [7, 11) is 0. The molecule has 116 valence electrons. The van der Waals surface area contributed by atoms with Gasteiger partial charge in [0.05, 0.1) is 17.3 Å². The molecule has 2 amide bonds. The Balaban J connectivity index is 1.95. The van der Waals surface area contributed by atoms with E-state index in [2.05, 4.69) is 5.32 Å². The molecule has 1 aromatic rings. The SMILES string of the molecule is CC(C)NC(=O)CN1C(=O)[C@@H]2CCCC2=Nc2ccccc21. The van der Waals surface area contributed by atoms with Crippen molar-refractivity contribution < 1.29 is 9.59 Å². The number of para-hydroxylation sites is 2. The number of nitrogens with one attached hydrogen (secondary N) is 1. The molecule has 5 heteroatoms. The number of carbonyl (C=O) groups excluding carboxylic acids is 2. The molecule has 1 aromatic carbocycles. The number of rotatable bonds is 3. The molecule has 0 unspecified atom stereocenters. The number of hydrogen-bond acceptors (Lipinski definition) is 3. The van der Waals surface area contributed by atoms with Gasteiger partial charge >= 0.3 is 0 Å². The lowest BCUT2D eigenvalue weighted by molar-refractivity contribution is -0.125. The molecule has 0 aromatic heterocycles. The van der Waals surface area contributed by atoms with E-state index in [-0.39, 0.29) is 30.3 Å². The van der Waals surface area contributed by atoms with Crippen LogP contribution in [-0.4, -0.2) is 30.1 Å². The molecule has 22 heavy (non-hydrogen) atoms. The van der Waals surface area contributed by atoms with E-state index in [9.17, 15) is 9.59 Å². The van der Waals surface area contributed by atoms with Crippen LogP contribution in [0.3, 0.4) is 0 Å². The Hall–Kier alpha value is -2.17. The van der Waals surface area contributed by atoms with Gasteiger partial charge in [0, 0.05) is 11.8 Å². The molecule has 0 bridgehead atoms. The highest BCUT2D eigenvalue weighted by Crippen LogP contribution is 2.37. The third-order valence-electron chi connectivity index (χ3n) is 4.08. The fourth-order valence-corrected chi connectivity index (χ4v) is 3.15. The van der Waals surface area contributed by atoms with E-state index in [0.717, 1.165) is 36.3 Å². The molecule has 0 radical (unpaired) electrons. The second kappa shape index (κ2) is 5.91. The molecule has 5 nitrogen and oxygen atoms in total. The highest BCUT2D eigenvalue weighted by atomic mass is 16.2. The van der Waals surface area contributed by atoms with Gasteiger partial charge in [-0.05, 0) is 45.2 Å². The van der Waals surface area contributed by atoms with Crippen molar-refractivity contribution in [3.63, 3.8) is 0 Å². The lowest BCUT2D eigenvalue weighted by Crippen LogP contribution is -2.45. The fraction of sp³-hybridized carbons (Fsp3) is 0.471. The summed E-state index contributed by atoms with van der Waals surface area (Å²) >= 11 is 0. The summed E-state index contributed by atoms with van der Waals surface area (Å²) in [6.45, 7) is 3.87. The smallest absolute Gasteiger partial charge is 0.240 e. The topological polar surface area (TPSA) is 61.8 Å². The summed E-state index contributed by atoms with van der Waals surface area (Å²) in [5.41, 5.74) is 2.48. The van der Waals surface area contributed by atoms with Gasteiger partial charge in [-0.1, -0.05) is 12.1 Å². The van der Waals surface area contributed by atoms with Crippen LogP contribution in [0.15, 0.2) is 29.3 Å². The Bertz CT molecular complexity index is 637. The van der Waals surface area contributed by atoms with Crippen LogP contribution in [-0.2, 0) is 9.59 Å². The molecule has 1 aliphatic heterocycles. The number of amides is 2. The quantitative estimate of drug-likeness (QED) is 0.931. The average Bonchev–Trinajstić information content (AvgIpc) is 2.88. The van der Waals surface area contributed by atoms with E-state index in [1.54, 1.807) is 4.90 Å². The Morgan fingerprint density at radius 2 is 2.18 bits per heavy atom. The third kappa shape index (κ3) is 2.75. The van der Waals surface area contributed by atoms with Gasteiger partial charge in [-0.15, -0.1) is 0 Å². The van der Waals surface area contributed by atoms with Crippen molar-refractivity contribution in [1.82, 2.24) is 5.32 Å². The lowest BCUT2D eigenvalue weighted by atomic mass is 10.1. The molecular weight excluding hydrogens is 278 g/mol. The Kier molecular flexibility index (Phi) is 3.96. The zero-order valence-corrected chi connectivity index (χ0v) is 13.0. The monoisotopic (exact) mass is 299 g/mol. The van der Waals surface area contributed by atoms with Crippen LogP contribution in [0.5, 0.6) is 0 Å². The third-order valence-corrected chi connectivity index (χ3v) is 4.08. The highest BCUT2D eigenvalue weighted by Gasteiger charge is 2.36. The highest BCUT2D eigenvalue weighted by molar-refractivity contribution is 6.16. The number of fused-ring (bicyclic) bond motifs is 2. The van der Waals surface area contributed by atoms with Crippen LogP contribution in [0, 0.1) is 5.92 Å². The standard InChI is InChI=1S/C17H21N3O2/c1-11(2)18-16(21)10-20-15-9-4-3-7-14(15)19-13-8-5-6-12(13)17(20)22/h3-4,7,9,11-12H,5-6,8,10H2,1-2H3,(H,18,21)/t12-/m1/s1. The van der Waals surface area contributed by atoms with Crippen molar-refractivity contribution in [2.75, 3.05) is 11.4 Å². The first-order valence-electron chi connectivity index (χ1n) is 7.83. The maximum absolute atomic E-state index is 12.9. The van der Waals surface area contributed by atoms with E-state index in [4.69, 9.17) is 4.99 Å². The van der Waals surface area contributed by atoms with Gasteiger partial charge in [-0.25, -0.2) is 0 Å². The lowest BCUT2D eigenvalue weighted by Gasteiger charge is -2.24. The van der Waals surface area contributed by atoms with Crippen molar-refractivity contribution >= 4 is 28.9 Å². The number of benzene rings is 1. The second-order valence-corrected chi connectivity index (χ2v) is 6.18. The van der Waals surface area contributed by atoms with E-state index in [1.165, 1.54) is 0 Å². The second-order valence-electron chi connectivity index (χ2n) is 6.18. The normalized spacial score (nSPS) is 20.3. The summed E-state index contributed by atoms with van der Waals surface area (Å²) < 4.78 is 0. The minimum atomic E-state index is -0.167. The number of carbonyl (C=O) groups is 2. The van der Waals surface area contributed by atoms with Gasteiger partial charge < -0.3 is 10.2 Å². The summed E-state index contributed by atoms with van der Waals surface area (Å²) in [6.07, 6.45) is 2.69. The molecule has 1 aliphatic carbocycles. The minimum Gasteiger partial charge on any atom is -0.352 e. The van der Waals surface area contributed by atoms with E-state index < -0.39 is 0 Å². The Morgan fingerprint density at radius 1 is 1.41 bits per heavy atom. The summed E-state index contributed by atoms with van der Waals surface area (Å²) in [4.78, 5) is 31.3. The number of anilines is 1. The van der Waals surface area contributed by atoms with Gasteiger partial charge in [-0.3, -0.25) is 14.6 Å². The van der Waals surface area contributed by atoms with Crippen molar-refractivity contribution in [2.24, 2.45) is 10.9 Å². The van der Waals surface area contributed by atoms with Gasteiger partial charge in [0.15, 0.2) is 0 Å². The predicted molar refractivity (Wildman–Crippen MR) is 86.5 cm³/mol. The summed E-state index contributed by atoms with van der Waals surface area (Å²) in [5.74, 6) is -0.307. The number of aliphatic imine (C=N–C) groups is 1. The zero-order valence-electron chi connectivity index (χ0n) is 13.0. The van der Waals surface area contributed by atoms with Gasteiger partial charge in [0.25, 0.3) is 0 Å². The zero-order chi connectivity index (χ0) is 15.7. The molecule has 3 rings (SSSR count). The van der Waals surface area contributed by atoms with E-state index >= 15 is 0 Å². The van der Waals surface area contributed by atoms with Crippen LogP contribution in [0.1, 0.15) is 33.1 Å². The van der Waals surface area contributed by atoms with Gasteiger partial charge in [0.2, 0.25) is 11.8 Å². The molecule has 1 atom stereocenters. The molecule has 1 saturated carbocycles. The first kappa shape index (κ1) is 14.8. The summed E-state index contributed by atoms with van der Waals surface area (Å²) in [6, 6.07) is 7.61. The largest absolute Gasteiger partial charge is 0.352 e. The average molecular weight is 299 g/mol. The summed E-state index contributed by atoms with van der Waals surface area (Å²) in [5, 5.41) is 2.85. The first-order valence-corrected chi connectivity index (χ1v) is 7.83. The van der Waals surface area contributed by atoms with Crippen molar-refractivity contribution in [2.45, 2.75) is 39.2 Å². The van der Waals surface area contributed by atoms with Crippen molar-refractivity contribution in [3.05, 3.63) is 24.3 Å². The first-order chi connectivity index (χ1) is 10.6. The predicted octanol–water partition coefficient (Wildman–Crippen LogP) is 2.43. The molecule has 0 saturated heterocycles.